The number of benzene rings is 1. The predicted molar refractivity (Wildman–Crippen MR) is 64.1 cm³/mol. The molecule has 0 aliphatic carbocycles. The number of hydrogen-bond donors (Lipinski definition) is 2. The lowest BCUT2D eigenvalue weighted by Gasteiger charge is -2.31. The predicted octanol–water partition coefficient (Wildman–Crippen LogP) is 2.24. The molecule has 5 nitrogen and oxygen atoms in total. The lowest BCUT2D eigenvalue weighted by Crippen LogP contribution is -2.49. The Labute approximate surface area is 113 Å². The van der Waals surface area contributed by atoms with E-state index in [2.05, 4.69) is 4.74 Å². The molecule has 1 atom stereocenters. The third-order valence-corrected chi connectivity index (χ3v) is 2.62. The summed E-state index contributed by atoms with van der Waals surface area (Å²) in [5.41, 5.74) is 0.131. The Morgan fingerprint density at radius 3 is 2.84 bits per heavy atom. The lowest BCUT2D eigenvalue weighted by atomic mass is 9.99. The molecule has 0 spiro atoms. The number of aromatic hydroxyl groups is 1. The quantitative estimate of drug-likeness (QED) is 0.878. The number of cyclic esters (lactones) is 1. The Morgan fingerprint density at radius 2 is 2.21 bits per heavy atom. The van der Waals surface area contributed by atoms with E-state index >= 15 is 0 Å². The Bertz CT molecular complexity index is 484. The molecule has 0 aromatic heterocycles. The van der Waals surface area contributed by atoms with E-state index in [9.17, 15) is 18.7 Å². The molecule has 1 aliphatic heterocycles. The average molecular weight is 296 g/mol. The zero-order valence-electron chi connectivity index (χ0n) is 9.85. The van der Waals surface area contributed by atoms with Crippen LogP contribution in [0.3, 0.4) is 0 Å². The fourth-order valence-corrected chi connectivity index (χ4v) is 1.71. The van der Waals surface area contributed by atoms with E-state index in [0.717, 1.165) is 0 Å². The van der Waals surface area contributed by atoms with Crippen LogP contribution in [0.2, 0.25) is 0 Å². The highest BCUT2D eigenvalue weighted by molar-refractivity contribution is 5.85. The summed E-state index contributed by atoms with van der Waals surface area (Å²) < 4.78 is 36.3. The molecule has 0 bridgehead atoms. The van der Waals surface area contributed by atoms with Crippen molar-refractivity contribution < 1.29 is 28.2 Å². The molecule has 2 N–H and O–H groups in total. The van der Waals surface area contributed by atoms with Crippen LogP contribution in [0.1, 0.15) is 11.6 Å². The van der Waals surface area contributed by atoms with E-state index in [-0.39, 0.29) is 29.5 Å². The molecular weight excluding hydrogens is 284 g/mol. The van der Waals surface area contributed by atoms with Crippen LogP contribution in [0.5, 0.6) is 11.5 Å². The minimum absolute atomic E-state index is 0. The summed E-state index contributed by atoms with van der Waals surface area (Å²) in [7, 11) is 1.31. The van der Waals surface area contributed by atoms with Gasteiger partial charge in [0.25, 0.3) is 0 Å². The number of ether oxygens (including phenoxy) is 2. The third-order valence-electron chi connectivity index (χ3n) is 2.62. The maximum absolute atomic E-state index is 13.6. The van der Waals surface area contributed by atoms with Crippen LogP contribution >= 0.6 is 12.4 Å². The number of halogens is 3. The monoisotopic (exact) mass is 295 g/mol. The van der Waals surface area contributed by atoms with Gasteiger partial charge in [0.15, 0.2) is 18.1 Å². The number of phenols is 1. The second kappa shape index (κ2) is 5.48. The van der Waals surface area contributed by atoms with Crippen molar-refractivity contribution in [2.24, 2.45) is 0 Å². The number of phenolic OH excluding ortho intramolecular Hbond substituents is 1. The van der Waals surface area contributed by atoms with Gasteiger partial charge in [0.2, 0.25) is 0 Å². The van der Waals surface area contributed by atoms with Crippen LogP contribution in [0.4, 0.5) is 13.6 Å². The SMILES string of the molecule is COc1cc([C@H]2NC(=O)OCC2(F)F)ccc1O.Cl. The van der Waals surface area contributed by atoms with Crippen LogP contribution in [-0.4, -0.2) is 30.8 Å². The highest BCUT2D eigenvalue weighted by atomic mass is 35.5. The minimum Gasteiger partial charge on any atom is -0.504 e. The van der Waals surface area contributed by atoms with Crippen molar-refractivity contribution in [3.8, 4) is 11.5 Å². The second-order valence-corrected chi connectivity index (χ2v) is 3.85. The molecule has 1 aliphatic rings. The van der Waals surface area contributed by atoms with Gasteiger partial charge in [-0.25, -0.2) is 13.6 Å². The number of hydrogen-bond acceptors (Lipinski definition) is 4. The second-order valence-electron chi connectivity index (χ2n) is 3.85. The van der Waals surface area contributed by atoms with Crippen LogP contribution in [0.15, 0.2) is 18.2 Å². The van der Waals surface area contributed by atoms with Gasteiger partial charge in [0.1, 0.15) is 6.04 Å². The van der Waals surface area contributed by atoms with E-state index < -0.39 is 24.7 Å². The summed E-state index contributed by atoms with van der Waals surface area (Å²) in [4.78, 5) is 11.0. The number of amides is 1. The molecule has 1 aromatic carbocycles. The molecule has 1 amide bonds. The zero-order valence-corrected chi connectivity index (χ0v) is 10.7. The smallest absolute Gasteiger partial charge is 0.408 e. The molecule has 19 heavy (non-hydrogen) atoms. The first-order chi connectivity index (χ1) is 8.44. The molecule has 1 aromatic rings. The standard InChI is InChI=1S/C11H11F2NO4.ClH/c1-17-8-4-6(2-3-7(8)15)9-11(12,13)5-18-10(16)14-9;/h2-4,9,15H,5H2,1H3,(H,14,16);1H/t9-;/m1./s1. The Hall–Kier alpha value is -1.76. The van der Waals surface area contributed by atoms with Crippen molar-refractivity contribution in [1.82, 2.24) is 5.32 Å². The number of rotatable bonds is 2. The van der Waals surface area contributed by atoms with Crippen molar-refractivity contribution in [2.75, 3.05) is 13.7 Å². The molecular formula is C11H12ClF2NO4. The first-order valence-electron chi connectivity index (χ1n) is 5.12. The minimum atomic E-state index is -3.23. The number of carbonyl (C=O) groups is 1. The van der Waals surface area contributed by atoms with Crippen LogP contribution < -0.4 is 10.1 Å². The summed E-state index contributed by atoms with van der Waals surface area (Å²) in [5.74, 6) is -3.33. The van der Waals surface area contributed by atoms with Crippen LogP contribution in [0.25, 0.3) is 0 Å². The van der Waals surface area contributed by atoms with E-state index in [0.29, 0.717) is 0 Å². The van der Waals surface area contributed by atoms with Crippen LogP contribution in [-0.2, 0) is 4.74 Å². The lowest BCUT2D eigenvalue weighted by molar-refractivity contribution is -0.104. The van der Waals surface area contributed by atoms with Crippen molar-refractivity contribution in [2.45, 2.75) is 12.0 Å². The Morgan fingerprint density at radius 1 is 1.53 bits per heavy atom. The highest BCUT2D eigenvalue weighted by Crippen LogP contribution is 2.37. The van der Waals surface area contributed by atoms with Gasteiger partial charge < -0.3 is 19.9 Å². The Balaban J connectivity index is 0.00000180. The summed E-state index contributed by atoms with van der Waals surface area (Å²) in [6, 6.07) is 2.26. The molecule has 0 saturated carbocycles. The molecule has 0 unspecified atom stereocenters. The first-order valence-corrected chi connectivity index (χ1v) is 5.12. The van der Waals surface area contributed by atoms with E-state index in [1.165, 1.54) is 25.3 Å². The van der Waals surface area contributed by atoms with Crippen molar-refractivity contribution in [1.29, 1.82) is 0 Å². The Kier molecular flexibility index (Phi) is 4.41. The van der Waals surface area contributed by atoms with Gasteiger partial charge in [-0.15, -0.1) is 12.4 Å². The molecule has 8 heteroatoms. The third kappa shape index (κ3) is 2.98. The zero-order chi connectivity index (χ0) is 13.3. The molecule has 1 heterocycles. The number of alkyl halides is 2. The first kappa shape index (κ1) is 15.3. The maximum atomic E-state index is 13.6. The van der Waals surface area contributed by atoms with Gasteiger partial charge >= 0.3 is 12.0 Å². The van der Waals surface area contributed by atoms with Gasteiger partial charge in [-0.1, -0.05) is 6.07 Å². The van der Waals surface area contributed by atoms with Crippen molar-refractivity contribution in [3.05, 3.63) is 23.8 Å². The number of methoxy groups -OCH3 is 1. The van der Waals surface area contributed by atoms with Gasteiger partial charge in [-0.3, -0.25) is 0 Å². The number of carbonyl (C=O) groups excluding carboxylic acids is 1. The summed E-state index contributed by atoms with van der Waals surface area (Å²) in [6.45, 7) is -0.979. The highest BCUT2D eigenvalue weighted by Gasteiger charge is 2.46. The van der Waals surface area contributed by atoms with Gasteiger partial charge in [0, 0.05) is 0 Å². The maximum Gasteiger partial charge on any atom is 0.408 e. The topological polar surface area (TPSA) is 67.8 Å². The van der Waals surface area contributed by atoms with Gasteiger partial charge in [-0.2, -0.15) is 0 Å². The number of alkyl carbamates (subject to hydrolysis) is 1. The van der Waals surface area contributed by atoms with E-state index in [1.54, 1.807) is 0 Å². The van der Waals surface area contributed by atoms with Gasteiger partial charge in [-0.05, 0) is 17.7 Å². The fraction of sp³-hybridized carbons (Fsp3) is 0.364. The summed E-state index contributed by atoms with van der Waals surface area (Å²) >= 11 is 0. The molecule has 106 valence electrons. The summed E-state index contributed by atoms with van der Waals surface area (Å²) in [6.07, 6.45) is -0.905. The van der Waals surface area contributed by atoms with E-state index in [4.69, 9.17) is 4.74 Å². The van der Waals surface area contributed by atoms with Gasteiger partial charge in [0.05, 0.1) is 7.11 Å². The van der Waals surface area contributed by atoms with Crippen molar-refractivity contribution >= 4 is 18.5 Å². The fourth-order valence-electron chi connectivity index (χ4n) is 1.71. The summed E-state index contributed by atoms with van der Waals surface area (Å²) in [5, 5.41) is 11.4. The number of nitrogens with one attached hydrogen (secondary N) is 1. The average Bonchev–Trinajstić information content (AvgIpc) is 2.33. The largest absolute Gasteiger partial charge is 0.504 e. The van der Waals surface area contributed by atoms with Crippen molar-refractivity contribution in [3.63, 3.8) is 0 Å². The molecule has 1 fully saturated rings. The molecule has 0 radical (unpaired) electrons. The van der Waals surface area contributed by atoms with Crippen LogP contribution in [0, 0.1) is 0 Å². The normalized spacial score (nSPS) is 20.8. The molecule has 1 saturated heterocycles. The molecule has 2 rings (SSSR count). The van der Waals surface area contributed by atoms with E-state index in [1.807, 2.05) is 5.32 Å².